The first-order chi connectivity index (χ1) is 12.0. The summed E-state index contributed by atoms with van der Waals surface area (Å²) in [5, 5.41) is 9.72. The molecule has 4 atom stereocenters. The summed E-state index contributed by atoms with van der Waals surface area (Å²) >= 11 is 0. The minimum atomic E-state index is -0.604. The second-order valence-electron chi connectivity index (χ2n) is 7.22. The van der Waals surface area contributed by atoms with E-state index in [0.29, 0.717) is 13.1 Å². The number of aliphatic hydroxyl groups excluding tert-OH is 1. The van der Waals surface area contributed by atoms with Gasteiger partial charge in [0.25, 0.3) is 5.91 Å². The molecule has 0 bridgehead atoms. The lowest BCUT2D eigenvalue weighted by molar-refractivity contribution is -0.0726. The van der Waals surface area contributed by atoms with Gasteiger partial charge in [0.05, 0.1) is 12.2 Å². The topological polar surface area (TPSA) is 65.9 Å². The number of amides is 1. The van der Waals surface area contributed by atoms with E-state index in [4.69, 9.17) is 4.74 Å². The summed E-state index contributed by atoms with van der Waals surface area (Å²) in [6.45, 7) is 7.59. The van der Waals surface area contributed by atoms with Crippen molar-refractivity contribution in [2.24, 2.45) is 11.8 Å². The predicted molar refractivity (Wildman–Crippen MR) is 90.6 cm³/mol. The van der Waals surface area contributed by atoms with Crippen LogP contribution in [-0.4, -0.2) is 77.3 Å². The van der Waals surface area contributed by atoms with Gasteiger partial charge >= 0.3 is 0 Å². The van der Waals surface area contributed by atoms with Crippen molar-refractivity contribution in [3.05, 3.63) is 29.8 Å². The molecule has 1 aromatic rings. The Morgan fingerprint density at radius 3 is 2.60 bits per heavy atom. The fraction of sp³-hybridized carbons (Fsp3) is 0.667. The van der Waals surface area contributed by atoms with Crippen LogP contribution in [0.2, 0.25) is 0 Å². The Morgan fingerprint density at radius 2 is 1.96 bits per heavy atom. The molecule has 2 saturated heterocycles. The highest BCUT2D eigenvalue weighted by atomic mass is 19.1. The standard InChI is InChI=1S/C18H26FN3O3/c1-12-6-21(7-13(2)25-12)8-14-9-22(10-15(14)11-23)18(24)17-16(19)4-3-5-20-17/h3-5,12-15,23H,6-11H2,1-2H3/t12-,13+,14-,15-/m1/s1. The highest BCUT2D eigenvalue weighted by Gasteiger charge is 2.38. The maximum absolute atomic E-state index is 13.8. The number of halogens is 1. The summed E-state index contributed by atoms with van der Waals surface area (Å²) in [5.74, 6) is -0.836. The highest BCUT2D eigenvalue weighted by molar-refractivity contribution is 5.92. The summed E-state index contributed by atoms with van der Waals surface area (Å²) in [4.78, 5) is 20.4. The third-order valence-electron chi connectivity index (χ3n) is 5.05. The average Bonchev–Trinajstić information content (AvgIpc) is 2.96. The van der Waals surface area contributed by atoms with E-state index in [1.807, 2.05) is 0 Å². The number of morpholine rings is 1. The average molecular weight is 351 g/mol. The van der Waals surface area contributed by atoms with Crippen molar-refractivity contribution in [2.75, 3.05) is 39.3 Å². The molecule has 2 aliphatic heterocycles. The first-order valence-electron chi connectivity index (χ1n) is 8.86. The number of carbonyl (C=O) groups excluding carboxylic acids is 1. The minimum Gasteiger partial charge on any atom is -0.396 e. The van der Waals surface area contributed by atoms with Crippen molar-refractivity contribution in [3.63, 3.8) is 0 Å². The molecule has 0 aliphatic carbocycles. The molecule has 0 radical (unpaired) electrons. The van der Waals surface area contributed by atoms with Crippen LogP contribution >= 0.6 is 0 Å². The number of nitrogens with zero attached hydrogens (tertiary/aromatic N) is 3. The molecule has 6 nitrogen and oxygen atoms in total. The fourth-order valence-corrected chi connectivity index (χ4v) is 3.98. The Morgan fingerprint density at radius 1 is 1.28 bits per heavy atom. The molecule has 2 fully saturated rings. The second kappa shape index (κ2) is 7.76. The van der Waals surface area contributed by atoms with Gasteiger partial charge in [0.1, 0.15) is 0 Å². The highest BCUT2D eigenvalue weighted by Crippen LogP contribution is 2.27. The summed E-state index contributed by atoms with van der Waals surface area (Å²) < 4.78 is 19.6. The monoisotopic (exact) mass is 351 g/mol. The van der Waals surface area contributed by atoms with Crippen molar-refractivity contribution < 1.29 is 19.0 Å². The van der Waals surface area contributed by atoms with Crippen LogP contribution in [-0.2, 0) is 4.74 Å². The lowest BCUT2D eigenvalue weighted by Gasteiger charge is -2.37. The molecule has 3 heterocycles. The van der Waals surface area contributed by atoms with Gasteiger partial charge in [0, 0.05) is 51.4 Å². The van der Waals surface area contributed by atoms with Crippen molar-refractivity contribution >= 4 is 5.91 Å². The van der Waals surface area contributed by atoms with E-state index in [9.17, 15) is 14.3 Å². The van der Waals surface area contributed by atoms with Crippen LogP contribution in [0.3, 0.4) is 0 Å². The van der Waals surface area contributed by atoms with Gasteiger partial charge < -0.3 is 14.7 Å². The van der Waals surface area contributed by atoms with Crippen LogP contribution < -0.4 is 0 Å². The zero-order valence-electron chi connectivity index (χ0n) is 14.8. The van der Waals surface area contributed by atoms with E-state index in [0.717, 1.165) is 19.6 Å². The van der Waals surface area contributed by atoms with Gasteiger partial charge in [-0.3, -0.25) is 9.69 Å². The van der Waals surface area contributed by atoms with Gasteiger partial charge in [0.15, 0.2) is 11.5 Å². The number of likely N-dealkylation sites (tertiary alicyclic amines) is 1. The van der Waals surface area contributed by atoms with Crippen LogP contribution in [0.25, 0.3) is 0 Å². The maximum Gasteiger partial charge on any atom is 0.275 e. The lowest BCUT2D eigenvalue weighted by Crippen LogP contribution is -2.48. The van der Waals surface area contributed by atoms with E-state index in [2.05, 4.69) is 23.7 Å². The Labute approximate surface area is 147 Å². The molecule has 0 saturated carbocycles. The van der Waals surface area contributed by atoms with Crippen LogP contribution in [0.5, 0.6) is 0 Å². The number of rotatable bonds is 4. The van der Waals surface area contributed by atoms with E-state index in [1.165, 1.54) is 18.3 Å². The largest absolute Gasteiger partial charge is 0.396 e. The molecular formula is C18H26FN3O3. The fourth-order valence-electron chi connectivity index (χ4n) is 3.98. The molecular weight excluding hydrogens is 325 g/mol. The Balaban J connectivity index is 1.66. The minimum absolute atomic E-state index is 0.00387. The number of pyridine rings is 1. The molecule has 0 aromatic carbocycles. The molecule has 7 heteroatoms. The number of carbonyl (C=O) groups is 1. The number of aromatic nitrogens is 1. The third kappa shape index (κ3) is 4.16. The zero-order chi connectivity index (χ0) is 18.0. The molecule has 1 amide bonds. The second-order valence-corrected chi connectivity index (χ2v) is 7.22. The number of hydrogen-bond donors (Lipinski definition) is 1. The van der Waals surface area contributed by atoms with E-state index < -0.39 is 11.7 Å². The van der Waals surface area contributed by atoms with E-state index in [1.54, 1.807) is 4.90 Å². The van der Waals surface area contributed by atoms with Crippen LogP contribution in [0.1, 0.15) is 24.3 Å². The van der Waals surface area contributed by atoms with Gasteiger partial charge in [-0.05, 0) is 31.9 Å². The Kier molecular flexibility index (Phi) is 5.66. The molecule has 1 aromatic heterocycles. The normalized spacial score (nSPS) is 30.6. The van der Waals surface area contributed by atoms with Gasteiger partial charge in [-0.15, -0.1) is 0 Å². The Bertz CT molecular complexity index is 605. The van der Waals surface area contributed by atoms with Gasteiger partial charge in [0.2, 0.25) is 0 Å². The number of hydrogen-bond acceptors (Lipinski definition) is 5. The first kappa shape index (κ1) is 18.2. The van der Waals surface area contributed by atoms with Crippen molar-refractivity contribution in [2.45, 2.75) is 26.1 Å². The first-order valence-corrected chi connectivity index (χ1v) is 8.86. The molecule has 2 aliphatic rings. The zero-order valence-corrected chi connectivity index (χ0v) is 14.8. The predicted octanol–water partition coefficient (Wildman–Crippen LogP) is 1.01. The van der Waals surface area contributed by atoms with Crippen LogP contribution in [0.4, 0.5) is 4.39 Å². The van der Waals surface area contributed by atoms with Crippen LogP contribution in [0.15, 0.2) is 18.3 Å². The van der Waals surface area contributed by atoms with Crippen molar-refractivity contribution in [1.29, 1.82) is 0 Å². The van der Waals surface area contributed by atoms with Gasteiger partial charge in [-0.25, -0.2) is 9.37 Å². The molecule has 1 N–H and O–H groups in total. The third-order valence-corrected chi connectivity index (χ3v) is 5.05. The molecule has 0 spiro atoms. The van der Waals surface area contributed by atoms with Crippen LogP contribution in [0, 0.1) is 17.7 Å². The summed E-state index contributed by atoms with van der Waals surface area (Å²) in [5.41, 5.74) is -0.145. The molecule has 25 heavy (non-hydrogen) atoms. The molecule has 3 rings (SSSR count). The lowest BCUT2D eigenvalue weighted by atomic mass is 9.96. The maximum atomic E-state index is 13.8. The molecule has 138 valence electrons. The SMILES string of the molecule is C[C@@H]1CN(C[C@@H]2CN(C(=O)c3ncccc3F)C[C@@H]2CO)C[C@H](C)O1. The number of ether oxygens (including phenoxy) is 1. The van der Waals surface area contributed by atoms with Gasteiger partial charge in [-0.1, -0.05) is 0 Å². The summed E-state index contributed by atoms with van der Waals surface area (Å²) in [7, 11) is 0. The smallest absolute Gasteiger partial charge is 0.275 e. The quantitative estimate of drug-likeness (QED) is 0.877. The van der Waals surface area contributed by atoms with E-state index in [-0.39, 0.29) is 36.3 Å². The Hall–Kier alpha value is -1.57. The summed E-state index contributed by atoms with van der Waals surface area (Å²) in [6.07, 6.45) is 1.78. The van der Waals surface area contributed by atoms with Crippen molar-refractivity contribution in [1.82, 2.24) is 14.8 Å². The number of aliphatic hydroxyl groups is 1. The van der Waals surface area contributed by atoms with Crippen molar-refractivity contribution in [3.8, 4) is 0 Å². The molecule has 0 unspecified atom stereocenters. The summed E-state index contributed by atoms with van der Waals surface area (Å²) in [6, 6.07) is 2.71. The van der Waals surface area contributed by atoms with E-state index >= 15 is 0 Å². The van der Waals surface area contributed by atoms with Gasteiger partial charge in [-0.2, -0.15) is 0 Å².